The van der Waals surface area contributed by atoms with Crippen molar-refractivity contribution in [3.8, 4) is 0 Å². The summed E-state index contributed by atoms with van der Waals surface area (Å²) in [5.41, 5.74) is 2.19. The molecule has 14 unspecified atom stereocenters. The first-order valence-corrected chi connectivity index (χ1v) is 17.6. The average molecular weight is 591 g/mol. The lowest BCUT2D eigenvalue weighted by atomic mass is 9.44. The molecule has 5 rings (SSSR count). The van der Waals surface area contributed by atoms with E-state index in [2.05, 4.69) is 47.6 Å². The number of ether oxygens (including phenoxy) is 2. The summed E-state index contributed by atoms with van der Waals surface area (Å²) in [6, 6.07) is 0. The van der Waals surface area contributed by atoms with Gasteiger partial charge in [-0.15, -0.1) is 0 Å². The van der Waals surface area contributed by atoms with Crippen LogP contribution < -0.4 is 0 Å². The maximum Gasteiger partial charge on any atom is 0.186 e. The van der Waals surface area contributed by atoms with Crippen LogP contribution in [0.25, 0.3) is 0 Å². The van der Waals surface area contributed by atoms with Gasteiger partial charge >= 0.3 is 0 Å². The van der Waals surface area contributed by atoms with Crippen molar-refractivity contribution < 1.29 is 29.9 Å². The van der Waals surface area contributed by atoms with Gasteiger partial charge < -0.3 is 29.9 Å². The number of hydrogen-bond donors (Lipinski definition) is 4. The highest BCUT2D eigenvalue weighted by Crippen LogP contribution is 2.65. The molecule has 0 aromatic rings. The SMILES string of the molecule is CCC(CCC(C)C1CCC2C3CC=C4CC(OC5OC(CO)C(O)C(O)C5O)CCC4(C)C3CCC2(C)C1)C(C)C. The van der Waals surface area contributed by atoms with Gasteiger partial charge in [-0.05, 0) is 116 Å². The van der Waals surface area contributed by atoms with Gasteiger partial charge in [0.05, 0.1) is 12.7 Å². The first-order chi connectivity index (χ1) is 19.9. The standard InChI is InChI=1S/C36H62O6/c1-7-23(21(2)3)9-8-22(4)24-10-13-28-27-12-11-25-18-26(41-34-33(40)32(39)31(38)30(20-37)42-34)14-17-36(25,6)29(27)15-16-35(28,5)19-24/h11,21-24,26-34,37-40H,7-10,12-20H2,1-6H3. The Kier molecular flexibility index (Phi) is 10.2. The predicted molar refractivity (Wildman–Crippen MR) is 165 cm³/mol. The molecule has 1 aliphatic heterocycles. The van der Waals surface area contributed by atoms with Crippen LogP contribution in [-0.2, 0) is 9.47 Å². The first kappa shape index (κ1) is 32.9. The van der Waals surface area contributed by atoms with E-state index in [-0.39, 0.29) is 11.5 Å². The van der Waals surface area contributed by atoms with Crippen molar-refractivity contribution >= 4 is 0 Å². The van der Waals surface area contributed by atoms with E-state index < -0.39 is 37.3 Å². The third-order valence-corrected chi connectivity index (χ3v) is 13.6. The Labute approximate surface area is 255 Å². The van der Waals surface area contributed by atoms with Crippen LogP contribution in [0, 0.1) is 52.3 Å². The van der Waals surface area contributed by atoms with Crippen molar-refractivity contribution in [3.05, 3.63) is 11.6 Å². The Bertz CT molecular complexity index is 934. The molecule has 0 amide bonds. The van der Waals surface area contributed by atoms with Gasteiger partial charge in [-0.1, -0.05) is 66.0 Å². The predicted octanol–water partition coefficient (Wildman–Crippen LogP) is 6.24. The molecule has 6 heteroatoms. The van der Waals surface area contributed by atoms with Gasteiger partial charge in [0.1, 0.15) is 24.4 Å². The summed E-state index contributed by atoms with van der Waals surface area (Å²) in [7, 11) is 0. The fourth-order valence-electron chi connectivity index (χ4n) is 10.6. The van der Waals surface area contributed by atoms with Gasteiger partial charge in [0.25, 0.3) is 0 Å². The van der Waals surface area contributed by atoms with Gasteiger partial charge in [-0.2, -0.15) is 0 Å². The summed E-state index contributed by atoms with van der Waals surface area (Å²) in [4.78, 5) is 0. The summed E-state index contributed by atoms with van der Waals surface area (Å²) in [5.74, 6) is 5.73. The second-order valence-corrected chi connectivity index (χ2v) is 16.2. The Morgan fingerprint density at radius 3 is 2.40 bits per heavy atom. The third-order valence-electron chi connectivity index (χ3n) is 13.6. The molecule has 6 nitrogen and oxygen atoms in total. The van der Waals surface area contributed by atoms with E-state index in [0.29, 0.717) is 5.41 Å². The molecule has 4 aliphatic carbocycles. The second kappa shape index (κ2) is 13.1. The van der Waals surface area contributed by atoms with Crippen molar-refractivity contribution in [2.24, 2.45) is 52.3 Å². The summed E-state index contributed by atoms with van der Waals surface area (Å²) >= 11 is 0. The molecular formula is C36H62O6. The van der Waals surface area contributed by atoms with Crippen molar-refractivity contribution in [1.82, 2.24) is 0 Å². The number of aliphatic hydroxyl groups excluding tert-OH is 4. The molecule has 4 N–H and O–H groups in total. The number of allylic oxidation sites excluding steroid dienone is 1. The van der Waals surface area contributed by atoms with E-state index in [1.807, 2.05) is 0 Å². The molecule has 5 aliphatic rings. The molecular weight excluding hydrogens is 528 g/mol. The van der Waals surface area contributed by atoms with Gasteiger partial charge in [-0.3, -0.25) is 0 Å². The number of hydrogen-bond acceptors (Lipinski definition) is 6. The Hall–Kier alpha value is -0.500. The first-order valence-electron chi connectivity index (χ1n) is 17.6. The smallest absolute Gasteiger partial charge is 0.186 e. The van der Waals surface area contributed by atoms with Gasteiger partial charge in [0.15, 0.2) is 6.29 Å². The lowest BCUT2D eigenvalue weighted by molar-refractivity contribution is -0.313. The normalized spacial score (nSPS) is 47.2. The topological polar surface area (TPSA) is 99.4 Å². The fraction of sp³-hybridized carbons (Fsp3) is 0.944. The molecule has 1 heterocycles. The molecule has 3 saturated carbocycles. The highest BCUT2D eigenvalue weighted by molar-refractivity contribution is 5.25. The second-order valence-electron chi connectivity index (χ2n) is 16.2. The monoisotopic (exact) mass is 590 g/mol. The number of fused-ring (bicyclic) bond motifs is 5. The van der Waals surface area contributed by atoms with Crippen LogP contribution in [0.1, 0.15) is 119 Å². The Balaban J connectivity index is 1.21. The molecule has 0 aromatic carbocycles. The van der Waals surface area contributed by atoms with Crippen molar-refractivity contribution in [3.63, 3.8) is 0 Å². The zero-order chi connectivity index (χ0) is 30.4. The molecule has 1 saturated heterocycles. The molecule has 0 aromatic heterocycles. The van der Waals surface area contributed by atoms with Gasteiger partial charge in [0.2, 0.25) is 0 Å². The fourth-order valence-corrected chi connectivity index (χ4v) is 10.6. The molecule has 0 radical (unpaired) electrons. The zero-order valence-corrected chi connectivity index (χ0v) is 27.4. The minimum atomic E-state index is -1.40. The third kappa shape index (κ3) is 6.16. The maximum atomic E-state index is 10.5. The van der Waals surface area contributed by atoms with E-state index in [1.54, 1.807) is 0 Å². The summed E-state index contributed by atoms with van der Waals surface area (Å²) in [6.07, 6.45) is 11.4. The van der Waals surface area contributed by atoms with E-state index in [4.69, 9.17) is 9.47 Å². The lowest BCUT2D eigenvalue weighted by Gasteiger charge is -2.61. The van der Waals surface area contributed by atoms with Gasteiger partial charge in [-0.25, -0.2) is 0 Å². The highest BCUT2D eigenvalue weighted by atomic mass is 16.7. The van der Waals surface area contributed by atoms with E-state index in [9.17, 15) is 20.4 Å². The Morgan fingerprint density at radius 2 is 1.71 bits per heavy atom. The van der Waals surface area contributed by atoms with Crippen LogP contribution in [0.2, 0.25) is 0 Å². The highest BCUT2D eigenvalue weighted by Gasteiger charge is 2.56. The summed E-state index contributed by atoms with van der Waals surface area (Å²) < 4.78 is 11.9. The average Bonchev–Trinajstić information content (AvgIpc) is 2.96. The van der Waals surface area contributed by atoms with Crippen LogP contribution in [-0.4, -0.2) is 63.8 Å². The molecule has 42 heavy (non-hydrogen) atoms. The lowest BCUT2D eigenvalue weighted by Crippen LogP contribution is -2.60. The summed E-state index contributed by atoms with van der Waals surface area (Å²) in [5, 5.41) is 40.4. The minimum absolute atomic E-state index is 0.101. The molecule has 242 valence electrons. The molecule has 14 atom stereocenters. The van der Waals surface area contributed by atoms with Crippen LogP contribution in [0.3, 0.4) is 0 Å². The van der Waals surface area contributed by atoms with E-state index in [1.165, 1.54) is 63.4 Å². The van der Waals surface area contributed by atoms with Crippen LogP contribution in [0.15, 0.2) is 11.6 Å². The van der Waals surface area contributed by atoms with Crippen LogP contribution >= 0.6 is 0 Å². The molecule has 0 bridgehead atoms. The van der Waals surface area contributed by atoms with E-state index in [0.717, 1.165) is 60.7 Å². The number of aliphatic hydroxyl groups is 4. The zero-order valence-electron chi connectivity index (χ0n) is 27.4. The van der Waals surface area contributed by atoms with Crippen LogP contribution in [0.4, 0.5) is 0 Å². The summed E-state index contributed by atoms with van der Waals surface area (Å²) in [6.45, 7) is 14.4. The molecule has 4 fully saturated rings. The van der Waals surface area contributed by atoms with Gasteiger partial charge in [0, 0.05) is 0 Å². The van der Waals surface area contributed by atoms with Crippen molar-refractivity contribution in [2.45, 2.75) is 155 Å². The van der Waals surface area contributed by atoms with Crippen molar-refractivity contribution in [1.29, 1.82) is 0 Å². The Morgan fingerprint density at radius 1 is 0.952 bits per heavy atom. The van der Waals surface area contributed by atoms with E-state index >= 15 is 0 Å². The number of rotatable bonds is 9. The minimum Gasteiger partial charge on any atom is -0.394 e. The quantitative estimate of drug-likeness (QED) is 0.237. The molecule has 0 spiro atoms. The largest absolute Gasteiger partial charge is 0.394 e. The maximum absolute atomic E-state index is 10.5. The van der Waals surface area contributed by atoms with Crippen LogP contribution in [0.5, 0.6) is 0 Å². The van der Waals surface area contributed by atoms with Crippen molar-refractivity contribution in [2.75, 3.05) is 6.61 Å².